The van der Waals surface area contributed by atoms with Gasteiger partial charge in [0.2, 0.25) is 5.91 Å². The Labute approximate surface area is 159 Å². The molecule has 8 nitrogen and oxygen atoms in total. The van der Waals surface area contributed by atoms with Crippen LogP contribution in [0.15, 0.2) is 30.5 Å². The van der Waals surface area contributed by atoms with Gasteiger partial charge in [0.25, 0.3) is 5.91 Å². The van der Waals surface area contributed by atoms with Crippen LogP contribution in [0.3, 0.4) is 0 Å². The Kier molecular flexibility index (Phi) is 5.85. The fourth-order valence-corrected chi connectivity index (χ4v) is 3.30. The summed E-state index contributed by atoms with van der Waals surface area (Å²) < 4.78 is 1.66. The highest BCUT2D eigenvalue weighted by atomic mass is 16.2. The van der Waals surface area contributed by atoms with E-state index in [9.17, 15) is 9.59 Å². The van der Waals surface area contributed by atoms with Crippen molar-refractivity contribution in [1.29, 1.82) is 0 Å². The second-order valence-corrected chi connectivity index (χ2v) is 6.92. The van der Waals surface area contributed by atoms with E-state index in [4.69, 9.17) is 0 Å². The van der Waals surface area contributed by atoms with E-state index in [1.165, 1.54) is 0 Å². The van der Waals surface area contributed by atoms with Gasteiger partial charge in [-0.3, -0.25) is 19.2 Å². The van der Waals surface area contributed by atoms with Gasteiger partial charge in [-0.15, -0.1) is 5.10 Å². The molecule has 1 aliphatic rings. The summed E-state index contributed by atoms with van der Waals surface area (Å²) in [5.74, 6) is 0.345. The van der Waals surface area contributed by atoms with Crippen LogP contribution in [0, 0.1) is 0 Å². The number of benzene rings is 1. The number of nitrogens with one attached hydrogen (secondary N) is 1. The fraction of sp³-hybridized carbons (Fsp3) is 0.474. The lowest BCUT2D eigenvalue weighted by molar-refractivity contribution is -0.129. The summed E-state index contributed by atoms with van der Waals surface area (Å²) in [7, 11) is 1.86. The maximum absolute atomic E-state index is 12.5. The second kappa shape index (κ2) is 8.30. The summed E-state index contributed by atoms with van der Waals surface area (Å²) in [5, 5.41) is 10.6. The van der Waals surface area contributed by atoms with Crippen molar-refractivity contribution in [3.8, 4) is 0 Å². The standard InChI is InChI=1S/C19H26N6O2/c1-4-25-13-18(21-22-25)20-19(27)16-7-5-6-15(10-16)11-24-9-8-17(12-24)23(3)14(2)26/h5-7,10,13,17H,4,8-9,11-12H2,1-3H3,(H,20,27)/t17-/m0/s1. The van der Waals surface area contributed by atoms with Crippen LogP contribution in [0.5, 0.6) is 0 Å². The van der Waals surface area contributed by atoms with Crippen LogP contribution in [0.25, 0.3) is 0 Å². The number of likely N-dealkylation sites (tertiary alicyclic amines) is 1. The van der Waals surface area contributed by atoms with Crippen LogP contribution in [0.2, 0.25) is 0 Å². The molecule has 2 amide bonds. The maximum atomic E-state index is 12.5. The Morgan fingerprint density at radius 3 is 2.89 bits per heavy atom. The topological polar surface area (TPSA) is 83.4 Å². The van der Waals surface area contributed by atoms with Gasteiger partial charge in [0, 0.05) is 51.8 Å². The van der Waals surface area contributed by atoms with Gasteiger partial charge >= 0.3 is 0 Å². The van der Waals surface area contributed by atoms with Crippen molar-refractivity contribution in [1.82, 2.24) is 24.8 Å². The lowest BCUT2D eigenvalue weighted by Crippen LogP contribution is -2.37. The average molecular weight is 370 g/mol. The molecule has 1 fully saturated rings. The molecular weight excluding hydrogens is 344 g/mol. The minimum atomic E-state index is -0.199. The van der Waals surface area contributed by atoms with Gasteiger partial charge in [-0.2, -0.15) is 0 Å². The number of nitrogens with zero attached hydrogens (tertiary/aromatic N) is 5. The molecule has 27 heavy (non-hydrogen) atoms. The van der Waals surface area contributed by atoms with Crippen LogP contribution >= 0.6 is 0 Å². The zero-order valence-electron chi connectivity index (χ0n) is 16.1. The number of carbonyl (C=O) groups is 2. The number of rotatable bonds is 6. The highest BCUT2D eigenvalue weighted by Crippen LogP contribution is 2.18. The van der Waals surface area contributed by atoms with Gasteiger partial charge in [0.15, 0.2) is 5.82 Å². The fourth-order valence-electron chi connectivity index (χ4n) is 3.30. The van der Waals surface area contributed by atoms with Crippen LogP contribution in [-0.4, -0.2) is 62.8 Å². The number of hydrogen-bond donors (Lipinski definition) is 1. The summed E-state index contributed by atoms with van der Waals surface area (Å²) in [6.45, 7) is 6.82. The van der Waals surface area contributed by atoms with Crippen LogP contribution in [0.1, 0.15) is 36.2 Å². The molecule has 1 saturated heterocycles. The third-order valence-corrected chi connectivity index (χ3v) is 4.99. The zero-order valence-corrected chi connectivity index (χ0v) is 16.1. The normalized spacial score (nSPS) is 17.1. The van der Waals surface area contributed by atoms with Gasteiger partial charge < -0.3 is 10.2 Å². The number of aromatic nitrogens is 3. The molecule has 0 spiro atoms. The van der Waals surface area contributed by atoms with Crippen molar-refractivity contribution in [3.05, 3.63) is 41.6 Å². The third-order valence-electron chi connectivity index (χ3n) is 4.99. The number of carbonyl (C=O) groups excluding carboxylic acids is 2. The monoisotopic (exact) mass is 370 g/mol. The second-order valence-electron chi connectivity index (χ2n) is 6.92. The SMILES string of the molecule is CCn1cc(NC(=O)c2cccc(CN3CC[C@H](N(C)C(C)=O)C3)c2)nn1. The Bertz CT molecular complexity index is 818. The number of hydrogen-bond acceptors (Lipinski definition) is 5. The van der Waals surface area contributed by atoms with Crippen molar-refractivity contribution < 1.29 is 9.59 Å². The molecule has 3 rings (SSSR count). The summed E-state index contributed by atoms with van der Waals surface area (Å²) in [5.41, 5.74) is 1.67. The van der Waals surface area contributed by atoms with Gasteiger partial charge in [-0.25, -0.2) is 0 Å². The zero-order chi connectivity index (χ0) is 19.4. The van der Waals surface area contributed by atoms with Gasteiger partial charge in [-0.1, -0.05) is 17.3 Å². The maximum Gasteiger partial charge on any atom is 0.256 e. The van der Waals surface area contributed by atoms with E-state index in [1.807, 2.05) is 37.1 Å². The van der Waals surface area contributed by atoms with E-state index in [2.05, 4.69) is 20.5 Å². The first-order valence-electron chi connectivity index (χ1n) is 9.22. The van der Waals surface area contributed by atoms with E-state index >= 15 is 0 Å². The lowest BCUT2D eigenvalue weighted by Gasteiger charge is -2.23. The number of likely N-dealkylation sites (N-methyl/N-ethyl adjacent to an activating group) is 1. The largest absolute Gasteiger partial charge is 0.342 e. The smallest absolute Gasteiger partial charge is 0.256 e. The molecular formula is C19H26N6O2. The van der Waals surface area contributed by atoms with Crippen molar-refractivity contribution in [2.75, 3.05) is 25.5 Å². The highest BCUT2D eigenvalue weighted by Gasteiger charge is 2.26. The average Bonchev–Trinajstić information content (AvgIpc) is 3.30. The summed E-state index contributed by atoms with van der Waals surface area (Å²) in [4.78, 5) is 28.1. The molecule has 1 atom stereocenters. The molecule has 144 valence electrons. The van der Waals surface area contributed by atoms with E-state index in [1.54, 1.807) is 23.9 Å². The molecule has 1 aromatic heterocycles. The summed E-state index contributed by atoms with van der Waals surface area (Å²) in [6.07, 6.45) is 2.68. The van der Waals surface area contributed by atoms with Crippen LogP contribution < -0.4 is 5.32 Å². The van der Waals surface area contributed by atoms with Crippen molar-refractivity contribution in [3.63, 3.8) is 0 Å². The quantitative estimate of drug-likeness (QED) is 0.835. The highest BCUT2D eigenvalue weighted by molar-refractivity contribution is 6.03. The molecule has 0 saturated carbocycles. The Hall–Kier alpha value is -2.74. The predicted molar refractivity (Wildman–Crippen MR) is 102 cm³/mol. The van der Waals surface area contributed by atoms with Gasteiger partial charge in [-0.05, 0) is 31.0 Å². The van der Waals surface area contributed by atoms with E-state index in [0.29, 0.717) is 17.9 Å². The van der Waals surface area contributed by atoms with Crippen molar-refractivity contribution >= 4 is 17.6 Å². The Balaban J connectivity index is 1.60. The van der Waals surface area contributed by atoms with Crippen molar-refractivity contribution in [2.45, 2.75) is 39.4 Å². The molecule has 0 radical (unpaired) electrons. The Morgan fingerprint density at radius 2 is 2.19 bits per heavy atom. The molecule has 0 aliphatic carbocycles. The van der Waals surface area contributed by atoms with E-state index in [0.717, 1.165) is 31.6 Å². The van der Waals surface area contributed by atoms with E-state index in [-0.39, 0.29) is 17.9 Å². The number of amides is 2. The Morgan fingerprint density at radius 1 is 1.37 bits per heavy atom. The minimum absolute atomic E-state index is 0.0977. The summed E-state index contributed by atoms with van der Waals surface area (Å²) >= 11 is 0. The van der Waals surface area contributed by atoms with Gasteiger partial charge in [0.1, 0.15) is 0 Å². The molecule has 1 aromatic carbocycles. The molecule has 1 N–H and O–H groups in total. The predicted octanol–water partition coefficient (Wildman–Crippen LogP) is 1.60. The molecule has 0 unspecified atom stereocenters. The molecule has 2 aromatic rings. The first kappa shape index (κ1) is 19.0. The minimum Gasteiger partial charge on any atom is -0.342 e. The number of aryl methyl sites for hydroxylation is 1. The van der Waals surface area contributed by atoms with Crippen molar-refractivity contribution in [2.24, 2.45) is 0 Å². The lowest BCUT2D eigenvalue weighted by atomic mass is 10.1. The van der Waals surface area contributed by atoms with Crippen LogP contribution in [-0.2, 0) is 17.9 Å². The molecule has 1 aliphatic heterocycles. The van der Waals surface area contributed by atoms with Gasteiger partial charge in [0.05, 0.1) is 6.20 Å². The molecule has 0 bridgehead atoms. The first-order valence-corrected chi connectivity index (χ1v) is 9.22. The van der Waals surface area contributed by atoms with Crippen LogP contribution in [0.4, 0.5) is 5.82 Å². The molecule has 8 heteroatoms. The summed E-state index contributed by atoms with van der Waals surface area (Å²) in [6, 6.07) is 7.87. The number of anilines is 1. The first-order chi connectivity index (χ1) is 13.0. The third kappa shape index (κ3) is 4.71. The van der Waals surface area contributed by atoms with E-state index < -0.39 is 0 Å². The molecule has 2 heterocycles.